The van der Waals surface area contributed by atoms with E-state index in [0.717, 1.165) is 11.4 Å². The monoisotopic (exact) mass is 422 g/mol. The van der Waals surface area contributed by atoms with Gasteiger partial charge >= 0.3 is 0 Å². The second-order valence-electron chi connectivity index (χ2n) is 5.42. The summed E-state index contributed by atoms with van der Waals surface area (Å²) in [5.74, 6) is -1.84. The maximum atomic E-state index is 12.3. The van der Waals surface area contributed by atoms with Crippen LogP contribution in [0.2, 0.25) is 0 Å². The molecule has 2 aromatic carbocycles. The summed E-state index contributed by atoms with van der Waals surface area (Å²) in [6, 6.07) is 13.6. The molecule has 0 fully saturated rings. The normalized spacial score (nSPS) is 10.9. The lowest BCUT2D eigenvalue weighted by atomic mass is 10.3. The number of amides is 1. The van der Waals surface area contributed by atoms with Crippen molar-refractivity contribution in [2.45, 2.75) is 15.8 Å². The van der Waals surface area contributed by atoms with Crippen LogP contribution in [0.25, 0.3) is 5.69 Å². The van der Waals surface area contributed by atoms with E-state index in [1.807, 2.05) is 24.3 Å². The predicted molar refractivity (Wildman–Crippen MR) is 106 cm³/mol. The minimum Gasteiger partial charge on any atom is -0.497 e. The van der Waals surface area contributed by atoms with Crippen LogP contribution in [-0.2, 0) is 4.79 Å². The highest BCUT2D eigenvalue weighted by atomic mass is 32.2. The molecule has 0 spiro atoms. The minimum atomic E-state index is -2.47. The van der Waals surface area contributed by atoms with Crippen LogP contribution >= 0.6 is 23.5 Å². The number of benzene rings is 2. The van der Waals surface area contributed by atoms with E-state index in [2.05, 4.69) is 15.5 Å². The molecule has 0 aliphatic rings. The largest absolute Gasteiger partial charge is 0.497 e. The van der Waals surface area contributed by atoms with Gasteiger partial charge in [0.2, 0.25) is 5.91 Å². The van der Waals surface area contributed by atoms with Gasteiger partial charge in [0.05, 0.1) is 12.9 Å². The first-order chi connectivity index (χ1) is 13.5. The first-order valence-corrected chi connectivity index (χ1v) is 9.93. The van der Waals surface area contributed by atoms with Gasteiger partial charge in [-0.3, -0.25) is 9.36 Å². The summed E-state index contributed by atoms with van der Waals surface area (Å²) < 4.78 is 31.6. The van der Waals surface area contributed by atoms with Crippen LogP contribution in [0.4, 0.5) is 14.5 Å². The Balaban J connectivity index is 1.57. The summed E-state index contributed by atoms with van der Waals surface area (Å²) in [5, 5.41) is 11.2. The van der Waals surface area contributed by atoms with E-state index in [1.54, 1.807) is 42.3 Å². The Morgan fingerprint density at radius 3 is 2.54 bits per heavy atom. The highest BCUT2D eigenvalue weighted by Crippen LogP contribution is 2.26. The molecule has 146 valence electrons. The fourth-order valence-electron chi connectivity index (χ4n) is 2.29. The number of anilines is 1. The molecule has 10 heteroatoms. The van der Waals surface area contributed by atoms with Gasteiger partial charge < -0.3 is 10.1 Å². The van der Waals surface area contributed by atoms with Crippen LogP contribution in [0.5, 0.6) is 5.75 Å². The lowest BCUT2D eigenvalue weighted by Crippen LogP contribution is -2.14. The van der Waals surface area contributed by atoms with Crippen molar-refractivity contribution in [3.63, 3.8) is 0 Å². The molecule has 0 saturated carbocycles. The van der Waals surface area contributed by atoms with Gasteiger partial charge in [0.15, 0.2) is 5.16 Å². The highest BCUT2D eigenvalue weighted by molar-refractivity contribution is 8.00. The van der Waals surface area contributed by atoms with Crippen LogP contribution in [0.1, 0.15) is 0 Å². The van der Waals surface area contributed by atoms with E-state index >= 15 is 0 Å². The van der Waals surface area contributed by atoms with E-state index in [0.29, 0.717) is 27.5 Å². The van der Waals surface area contributed by atoms with Crippen LogP contribution in [-0.4, -0.2) is 39.3 Å². The van der Waals surface area contributed by atoms with Crippen molar-refractivity contribution in [2.75, 3.05) is 18.2 Å². The Kier molecular flexibility index (Phi) is 6.88. The van der Waals surface area contributed by atoms with E-state index in [-0.39, 0.29) is 11.7 Å². The number of nitrogens with one attached hydrogen (secondary N) is 1. The van der Waals surface area contributed by atoms with Gasteiger partial charge in [0.25, 0.3) is 5.76 Å². The second kappa shape index (κ2) is 9.56. The average molecular weight is 422 g/mol. The molecule has 3 aromatic rings. The van der Waals surface area contributed by atoms with Crippen molar-refractivity contribution < 1.29 is 18.3 Å². The molecule has 0 bridgehead atoms. The number of alkyl halides is 2. The van der Waals surface area contributed by atoms with Crippen molar-refractivity contribution >= 4 is 35.1 Å². The fraction of sp³-hybridized carbons (Fsp3) is 0.167. The molecule has 1 heterocycles. The zero-order valence-corrected chi connectivity index (χ0v) is 16.3. The summed E-state index contributed by atoms with van der Waals surface area (Å²) in [4.78, 5) is 12.6. The molecule has 0 atom stereocenters. The number of thioether (sulfide) groups is 2. The first-order valence-electron chi connectivity index (χ1n) is 8.07. The summed E-state index contributed by atoms with van der Waals surface area (Å²) in [6.07, 6.45) is 1.57. The van der Waals surface area contributed by atoms with Gasteiger partial charge in [0.1, 0.15) is 12.1 Å². The SMILES string of the molecule is COc1ccc(-n2cnnc2SCC(=O)Nc2ccc(SC(F)F)cc2)cc1. The molecule has 1 amide bonds. The zero-order chi connectivity index (χ0) is 19.9. The number of methoxy groups -OCH3 is 1. The van der Waals surface area contributed by atoms with Crippen LogP contribution in [0.3, 0.4) is 0 Å². The van der Waals surface area contributed by atoms with E-state index in [9.17, 15) is 13.6 Å². The van der Waals surface area contributed by atoms with Gasteiger partial charge in [-0.05, 0) is 48.5 Å². The van der Waals surface area contributed by atoms with Crippen molar-refractivity contribution in [1.82, 2.24) is 14.8 Å². The lowest BCUT2D eigenvalue weighted by molar-refractivity contribution is -0.113. The molecular weight excluding hydrogens is 406 g/mol. The molecule has 3 rings (SSSR count). The molecule has 0 saturated heterocycles. The van der Waals surface area contributed by atoms with Gasteiger partial charge in [-0.2, -0.15) is 8.78 Å². The van der Waals surface area contributed by atoms with Crippen LogP contribution < -0.4 is 10.1 Å². The van der Waals surface area contributed by atoms with E-state index in [1.165, 1.54) is 11.8 Å². The fourth-order valence-corrected chi connectivity index (χ4v) is 3.52. The van der Waals surface area contributed by atoms with Crippen LogP contribution in [0, 0.1) is 0 Å². The number of aromatic nitrogens is 3. The lowest BCUT2D eigenvalue weighted by Gasteiger charge is -2.08. The topological polar surface area (TPSA) is 69.0 Å². The van der Waals surface area contributed by atoms with E-state index < -0.39 is 5.76 Å². The standard InChI is InChI=1S/C18H16F2N4O2S2/c1-26-14-6-4-13(5-7-14)24-11-21-23-18(24)27-10-16(25)22-12-2-8-15(9-3-12)28-17(19)20/h2-9,11,17H,10H2,1H3,(H,22,25). The molecule has 0 aliphatic carbocycles. The maximum absolute atomic E-state index is 12.3. The zero-order valence-electron chi connectivity index (χ0n) is 14.7. The maximum Gasteiger partial charge on any atom is 0.288 e. The minimum absolute atomic E-state index is 0.127. The highest BCUT2D eigenvalue weighted by Gasteiger charge is 2.11. The Hall–Kier alpha value is -2.59. The smallest absolute Gasteiger partial charge is 0.288 e. The molecule has 28 heavy (non-hydrogen) atoms. The summed E-state index contributed by atoms with van der Waals surface area (Å²) in [6.45, 7) is 0. The summed E-state index contributed by atoms with van der Waals surface area (Å²) in [7, 11) is 1.60. The molecule has 0 radical (unpaired) electrons. The van der Waals surface area contributed by atoms with Gasteiger partial charge in [-0.1, -0.05) is 23.5 Å². The predicted octanol–water partition coefficient (Wildman–Crippen LogP) is 4.32. The van der Waals surface area contributed by atoms with Crippen LogP contribution in [0.15, 0.2) is 64.9 Å². The summed E-state index contributed by atoms with van der Waals surface area (Å²) in [5.41, 5.74) is 1.39. The number of halogens is 2. The third-order valence-corrected chi connectivity index (χ3v) is 5.23. The van der Waals surface area contributed by atoms with Gasteiger partial charge in [-0.15, -0.1) is 10.2 Å². The average Bonchev–Trinajstić information content (AvgIpc) is 3.16. The quantitative estimate of drug-likeness (QED) is 0.545. The van der Waals surface area contributed by atoms with Gasteiger partial charge in [0, 0.05) is 16.3 Å². The Morgan fingerprint density at radius 2 is 1.89 bits per heavy atom. The van der Waals surface area contributed by atoms with E-state index in [4.69, 9.17) is 4.74 Å². The number of hydrogen-bond donors (Lipinski definition) is 1. The van der Waals surface area contributed by atoms with Gasteiger partial charge in [-0.25, -0.2) is 0 Å². The second-order valence-corrected chi connectivity index (χ2v) is 7.43. The van der Waals surface area contributed by atoms with Crippen molar-refractivity contribution in [3.05, 3.63) is 54.9 Å². The summed E-state index contributed by atoms with van der Waals surface area (Å²) >= 11 is 1.70. The van der Waals surface area contributed by atoms with Crippen molar-refractivity contribution in [3.8, 4) is 11.4 Å². The molecule has 6 nitrogen and oxygen atoms in total. The van der Waals surface area contributed by atoms with Crippen molar-refractivity contribution in [1.29, 1.82) is 0 Å². The third kappa shape index (κ3) is 5.46. The number of nitrogens with zero attached hydrogens (tertiary/aromatic N) is 3. The molecular formula is C18H16F2N4O2S2. The number of rotatable bonds is 8. The number of hydrogen-bond acceptors (Lipinski definition) is 6. The third-order valence-electron chi connectivity index (χ3n) is 3.56. The molecule has 0 aliphatic heterocycles. The Morgan fingerprint density at radius 1 is 1.18 bits per heavy atom. The molecule has 0 unspecified atom stereocenters. The number of ether oxygens (including phenoxy) is 1. The van der Waals surface area contributed by atoms with Crippen molar-refractivity contribution in [2.24, 2.45) is 0 Å². The molecule has 1 N–H and O–H groups in total. The molecule has 1 aromatic heterocycles. The first kappa shape index (κ1) is 20.2. The number of carbonyl (C=O) groups excluding carboxylic acids is 1. The Labute approximate surface area is 168 Å². The number of carbonyl (C=O) groups is 1. The Bertz CT molecular complexity index is 918.